The molecule has 0 amide bonds. The van der Waals surface area contributed by atoms with E-state index in [1.165, 1.54) is 7.11 Å². The summed E-state index contributed by atoms with van der Waals surface area (Å²) in [6.45, 7) is 7.10. The third kappa shape index (κ3) is 3.17. The number of ether oxygens (including phenoxy) is 1. The van der Waals surface area contributed by atoms with E-state index in [4.69, 9.17) is 4.74 Å². The molecule has 20 heavy (non-hydrogen) atoms. The van der Waals surface area contributed by atoms with Gasteiger partial charge < -0.3 is 10.1 Å². The summed E-state index contributed by atoms with van der Waals surface area (Å²) in [7, 11) is 1.39. The summed E-state index contributed by atoms with van der Waals surface area (Å²) in [5.41, 5.74) is 1.35. The van der Waals surface area contributed by atoms with Crippen molar-refractivity contribution in [2.24, 2.45) is 5.92 Å². The zero-order valence-corrected chi connectivity index (χ0v) is 12.6. The van der Waals surface area contributed by atoms with E-state index in [-0.39, 0.29) is 5.97 Å². The van der Waals surface area contributed by atoms with Gasteiger partial charge in [0.1, 0.15) is 0 Å². The van der Waals surface area contributed by atoms with Gasteiger partial charge >= 0.3 is 5.97 Å². The Morgan fingerprint density at radius 2 is 2.20 bits per heavy atom. The second-order valence-electron chi connectivity index (χ2n) is 5.53. The van der Waals surface area contributed by atoms with Crippen molar-refractivity contribution < 1.29 is 9.53 Å². The quantitative estimate of drug-likeness (QED) is 0.829. The average molecular weight is 280 g/mol. The highest BCUT2D eigenvalue weighted by Crippen LogP contribution is 2.28. The molecule has 0 aliphatic carbocycles. The maximum atomic E-state index is 11.9. The van der Waals surface area contributed by atoms with Crippen LogP contribution in [0.5, 0.6) is 0 Å². The summed E-state index contributed by atoms with van der Waals surface area (Å²) in [5.74, 6) is 0.473. The molecule has 0 spiro atoms. The van der Waals surface area contributed by atoms with Gasteiger partial charge in [-0.2, -0.15) is 0 Å². The van der Waals surface area contributed by atoms with Crippen molar-refractivity contribution >= 4 is 5.97 Å². The minimum Gasteiger partial charge on any atom is -0.464 e. The normalized spacial score (nSPS) is 17.9. The van der Waals surface area contributed by atoms with Crippen molar-refractivity contribution in [3.05, 3.63) is 11.4 Å². The van der Waals surface area contributed by atoms with E-state index in [0.717, 1.165) is 44.6 Å². The second kappa shape index (κ2) is 6.83. The Morgan fingerprint density at radius 3 is 2.80 bits per heavy atom. The predicted octanol–water partition coefficient (Wildman–Crippen LogP) is 1.58. The van der Waals surface area contributed by atoms with Gasteiger partial charge in [0.15, 0.2) is 5.69 Å². The second-order valence-corrected chi connectivity index (χ2v) is 5.53. The van der Waals surface area contributed by atoms with E-state index in [9.17, 15) is 4.79 Å². The van der Waals surface area contributed by atoms with Crippen molar-refractivity contribution in [2.45, 2.75) is 45.6 Å². The summed E-state index contributed by atoms with van der Waals surface area (Å²) in [6, 6.07) is 0. The molecular weight excluding hydrogens is 256 g/mol. The van der Waals surface area contributed by atoms with Gasteiger partial charge in [0.25, 0.3) is 0 Å². The van der Waals surface area contributed by atoms with Gasteiger partial charge in [0.05, 0.1) is 12.8 Å². The molecule has 1 atom stereocenters. The van der Waals surface area contributed by atoms with Crippen LogP contribution in [0.15, 0.2) is 0 Å². The Hall–Kier alpha value is -1.43. The van der Waals surface area contributed by atoms with Crippen LogP contribution in [0.4, 0.5) is 0 Å². The molecule has 1 fully saturated rings. The van der Waals surface area contributed by atoms with Gasteiger partial charge in [0.2, 0.25) is 0 Å². The van der Waals surface area contributed by atoms with Crippen molar-refractivity contribution in [1.29, 1.82) is 0 Å². The standard InChI is InChI=1S/C14H24N4O2/c1-4-10(2)9-18-13(11-5-7-15-8-6-11)12(16-17-18)14(19)20-3/h10-11,15H,4-9H2,1-3H3. The van der Waals surface area contributed by atoms with Crippen molar-refractivity contribution in [1.82, 2.24) is 20.3 Å². The SMILES string of the molecule is CCC(C)Cn1nnc(C(=O)OC)c1C1CCNCC1. The molecule has 1 aliphatic heterocycles. The van der Waals surface area contributed by atoms with Gasteiger partial charge in [0, 0.05) is 12.5 Å². The lowest BCUT2D eigenvalue weighted by atomic mass is 9.92. The fraction of sp³-hybridized carbons (Fsp3) is 0.786. The molecule has 0 radical (unpaired) electrons. The van der Waals surface area contributed by atoms with Gasteiger partial charge in [-0.05, 0) is 31.8 Å². The average Bonchev–Trinajstić information content (AvgIpc) is 2.90. The number of nitrogens with zero attached hydrogens (tertiary/aromatic N) is 3. The highest BCUT2D eigenvalue weighted by molar-refractivity contribution is 5.88. The predicted molar refractivity (Wildman–Crippen MR) is 75.7 cm³/mol. The molecule has 0 saturated carbocycles. The lowest BCUT2D eigenvalue weighted by Gasteiger charge is -2.24. The Morgan fingerprint density at radius 1 is 1.50 bits per heavy atom. The zero-order chi connectivity index (χ0) is 14.5. The highest BCUT2D eigenvalue weighted by Gasteiger charge is 2.28. The van der Waals surface area contributed by atoms with Crippen LogP contribution in [0.3, 0.4) is 0 Å². The zero-order valence-electron chi connectivity index (χ0n) is 12.6. The minimum absolute atomic E-state index is 0.337. The fourth-order valence-electron chi connectivity index (χ4n) is 2.62. The van der Waals surface area contributed by atoms with E-state index in [2.05, 4.69) is 29.5 Å². The number of nitrogens with one attached hydrogen (secondary N) is 1. The minimum atomic E-state index is -0.381. The first-order valence-electron chi connectivity index (χ1n) is 7.39. The number of hydrogen-bond acceptors (Lipinski definition) is 5. The number of carbonyl (C=O) groups is 1. The van der Waals surface area contributed by atoms with Crippen LogP contribution in [0.1, 0.15) is 55.2 Å². The van der Waals surface area contributed by atoms with E-state index in [1.54, 1.807) is 0 Å². The van der Waals surface area contributed by atoms with Crippen LogP contribution in [0.25, 0.3) is 0 Å². The highest BCUT2D eigenvalue weighted by atomic mass is 16.5. The molecular formula is C14H24N4O2. The van der Waals surface area contributed by atoms with Crippen LogP contribution in [0.2, 0.25) is 0 Å². The van der Waals surface area contributed by atoms with Gasteiger partial charge in [-0.15, -0.1) is 5.10 Å². The smallest absolute Gasteiger partial charge is 0.360 e. The first-order chi connectivity index (χ1) is 9.67. The van der Waals surface area contributed by atoms with Crippen molar-refractivity contribution in [2.75, 3.05) is 20.2 Å². The number of carbonyl (C=O) groups excluding carboxylic acids is 1. The third-order valence-electron chi connectivity index (χ3n) is 4.06. The van der Waals surface area contributed by atoms with E-state index in [1.807, 2.05) is 4.68 Å². The first kappa shape index (κ1) is 15.0. The Kier molecular flexibility index (Phi) is 5.11. The van der Waals surface area contributed by atoms with Crippen LogP contribution < -0.4 is 5.32 Å². The molecule has 112 valence electrons. The topological polar surface area (TPSA) is 69.0 Å². The van der Waals surface area contributed by atoms with Crippen molar-refractivity contribution in [3.8, 4) is 0 Å². The molecule has 6 heteroatoms. The van der Waals surface area contributed by atoms with Crippen molar-refractivity contribution in [3.63, 3.8) is 0 Å². The molecule has 0 aromatic carbocycles. The lowest BCUT2D eigenvalue weighted by Crippen LogP contribution is -2.29. The van der Waals surface area contributed by atoms with Crippen LogP contribution >= 0.6 is 0 Å². The lowest BCUT2D eigenvalue weighted by molar-refractivity contribution is 0.0591. The summed E-state index contributed by atoms with van der Waals surface area (Å²) >= 11 is 0. The summed E-state index contributed by atoms with van der Waals surface area (Å²) in [4.78, 5) is 11.9. The Labute approximate surface area is 119 Å². The third-order valence-corrected chi connectivity index (χ3v) is 4.06. The van der Waals surface area contributed by atoms with Gasteiger partial charge in [-0.1, -0.05) is 25.5 Å². The van der Waals surface area contributed by atoms with E-state index < -0.39 is 0 Å². The number of methoxy groups -OCH3 is 1. The largest absolute Gasteiger partial charge is 0.464 e. The summed E-state index contributed by atoms with van der Waals surface area (Å²) in [5, 5.41) is 11.6. The number of esters is 1. The molecule has 1 aliphatic rings. The van der Waals surface area contributed by atoms with E-state index >= 15 is 0 Å². The monoisotopic (exact) mass is 280 g/mol. The van der Waals surface area contributed by atoms with E-state index in [0.29, 0.717) is 17.5 Å². The summed E-state index contributed by atoms with van der Waals surface area (Å²) < 4.78 is 6.76. The van der Waals surface area contributed by atoms with Crippen LogP contribution in [0, 0.1) is 5.92 Å². The molecule has 6 nitrogen and oxygen atoms in total. The Balaban J connectivity index is 2.31. The number of hydrogen-bond donors (Lipinski definition) is 1. The molecule has 1 N–H and O–H groups in total. The van der Waals surface area contributed by atoms with Crippen LogP contribution in [-0.2, 0) is 11.3 Å². The molecule has 2 rings (SSSR count). The molecule has 1 saturated heterocycles. The molecule has 1 unspecified atom stereocenters. The number of piperidine rings is 1. The first-order valence-corrected chi connectivity index (χ1v) is 7.39. The fourth-order valence-corrected chi connectivity index (χ4v) is 2.62. The molecule has 0 bridgehead atoms. The number of aromatic nitrogens is 3. The van der Waals surface area contributed by atoms with Gasteiger partial charge in [-0.25, -0.2) is 9.48 Å². The van der Waals surface area contributed by atoms with Crippen LogP contribution in [-0.4, -0.2) is 41.2 Å². The molecule has 1 aromatic heterocycles. The maximum Gasteiger partial charge on any atom is 0.360 e. The summed E-state index contributed by atoms with van der Waals surface area (Å²) in [6.07, 6.45) is 3.11. The number of rotatable bonds is 5. The van der Waals surface area contributed by atoms with Gasteiger partial charge in [-0.3, -0.25) is 0 Å². The Bertz CT molecular complexity index is 452. The molecule has 1 aromatic rings. The molecule has 2 heterocycles. The maximum absolute atomic E-state index is 11.9.